The predicted octanol–water partition coefficient (Wildman–Crippen LogP) is -4.92. The van der Waals surface area contributed by atoms with E-state index in [0.717, 1.165) is 23.5 Å². The number of hydrogen-bond acceptors (Lipinski definition) is 31. The summed E-state index contributed by atoms with van der Waals surface area (Å²) in [5.41, 5.74) is 13.4. The Morgan fingerprint density at radius 3 is 2.24 bits per heavy atom. The van der Waals surface area contributed by atoms with Crippen LogP contribution in [0.3, 0.4) is 0 Å². The summed E-state index contributed by atoms with van der Waals surface area (Å²) in [4.78, 5) is 99.2. The molecular weight excluding hydrogens is 1150 g/mol. The van der Waals surface area contributed by atoms with Crippen molar-refractivity contribution in [2.24, 2.45) is 7.05 Å². The number of ether oxygens (including phenoxy) is 6. The van der Waals surface area contributed by atoms with Gasteiger partial charge in [0, 0.05) is 7.11 Å². The summed E-state index contributed by atoms with van der Waals surface area (Å²) in [6.45, 7) is -4.21. The molecule has 0 spiro atoms. The van der Waals surface area contributed by atoms with Crippen LogP contribution in [0.4, 0.5) is 17.7 Å². The highest BCUT2D eigenvalue weighted by Crippen LogP contribution is 2.67. The van der Waals surface area contributed by atoms with Gasteiger partial charge in [-0.2, -0.15) is 9.29 Å². The maximum Gasteiger partial charge on any atom is 0.487 e. The van der Waals surface area contributed by atoms with Crippen LogP contribution in [0.1, 0.15) is 18.7 Å². The van der Waals surface area contributed by atoms with Crippen molar-refractivity contribution in [1.29, 1.82) is 0 Å². The van der Waals surface area contributed by atoms with E-state index in [1.165, 1.54) is 34.2 Å². The third-order valence-corrected chi connectivity index (χ3v) is 17.8. The van der Waals surface area contributed by atoms with E-state index in [1.807, 2.05) is 0 Å². The topological polar surface area (TPSA) is 563 Å². The molecule has 4 saturated heterocycles. The summed E-state index contributed by atoms with van der Waals surface area (Å²) in [7, 11) is -21.0. The molecular formula is C35H47N15O25P4. The third-order valence-electron chi connectivity index (χ3n) is 12.6. The molecule has 0 radical (unpaired) electrons. The summed E-state index contributed by atoms with van der Waals surface area (Å²) in [6.07, 6.45) is -12.9. The van der Waals surface area contributed by atoms with Gasteiger partial charge in [0.1, 0.15) is 66.3 Å². The van der Waals surface area contributed by atoms with Crippen LogP contribution in [0, 0.1) is 0 Å². The second-order valence-corrected chi connectivity index (χ2v) is 23.8. The van der Waals surface area contributed by atoms with E-state index in [-0.39, 0.29) is 64.4 Å². The Hall–Kier alpha value is -5.19. The second-order valence-electron chi connectivity index (χ2n) is 17.8. The zero-order valence-electron chi connectivity index (χ0n) is 40.3. The lowest BCUT2D eigenvalue weighted by Gasteiger charge is -2.32. The van der Waals surface area contributed by atoms with Gasteiger partial charge in [-0.25, -0.2) is 42.5 Å². The first kappa shape index (κ1) is 57.1. The molecule has 2 bridgehead atoms. The number of phosphoric ester groups is 3. The molecule has 7 unspecified atom stereocenters. The zero-order chi connectivity index (χ0) is 56.7. The van der Waals surface area contributed by atoms with E-state index in [4.69, 9.17) is 63.7 Å². The molecule has 0 amide bonds. The van der Waals surface area contributed by atoms with Crippen molar-refractivity contribution in [1.82, 2.24) is 53.6 Å². The minimum absolute atomic E-state index is 0.0165. The van der Waals surface area contributed by atoms with E-state index in [2.05, 4.69) is 48.5 Å². The number of H-pyrrole nitrogens is 2. The lowest BCUT2D eigenvalue weighted by molar-refractivity contribution is -0.746. The molecule has 4 aliphatic rings. The number of anilines is 3. The number of nitrogens with one attached hydrogen (secondary N) is 2. The molecule has 0 saturated carbocycles. The highest BCUT2D eigenvalue weighted by molar-refractivity contribution is 7.66. The number of rotatable bonds is 22. The van der Waals surface area contributed by atoms with Crippen LogP contribution >= 0.6 is 31.3 Å². The molecule has 4 aliphatic heterocycles. The van der Waals surface area contributed by atoms with Gasteiger partial charge in [-0.15, -0.1) is 0 Å². The van der Waals surface area contributed by atoms with E-state index >= 15 is 0 Å². The Bertz CT molecular complexity index is 3620. The van der Waals surface area contributed by atoms with Gasteiger partial charge in [0.2, 0.25) is 17.7 Å². The molecule has 432 valence electrons. The molecule has 4 fully saturated rings. The number of aliphatic hydroxyl groups excluding tert-OH is 3. The van der Waals surface area contributed by atoms with Gasteiger partial charge in [0.05, 0.1) is 59.3 Å². The zero-order valence-corrected chi connectivity index (χ0v) is 43.9. The van der Waals surface area contributed by atoms with Gasteiger partial charge in [0.25, 0.3) is 24.9 Å². The normalized spacial score (nSPS) is 31.0. The number of aromatic nitrogens is 12. The smallest absolute Gasteiger partial charge is 0.487 e. The number of aryl methyl sites for hydroxylation is 1. The van der Waals surface area contributed by atoms with E-state index in [1.54, 1.807) is 0 Å². The number of imidazole rings is 3. The molecule has 10 heterocycles. The molecule has 0 aromatic carbocycles. The third kappa shape index (κ3) is 11.2. The number of phosphoric acid groups is 4. The fourth-order valence-electron chi connectivity index (χ4n) is 9.16. The largest absolute Gasteiger partial charge is 0.756 e. The monoisotopic (exact) mass is 1200 g/mol. The van der Waals surface area contributed by atoms with Gasteiger partial charge < -0.3 is 85.0 Å². The van der Waals surface area contributed by atoms with Crippen molar-refractivity contribution in [3.8, 4) is 0 Å². The van der Waals surface area contributed by atoms with E-state index in [9.17, 15) is 62.7 Å². The lowest BCUT2D eigenvalue weighted by Crippen LogP contribution is -2.47. The Labute approximate surface area is 438 Å². The summed E-state index contributed by atoms with van der Waals surface area (Å²) in [5.74, 6) is -0.678. The van der Waals surface area contributed by atoms with Gasteiger partial charge in [-0.05, 0) is 0 Å². The van der Waals surface area contributed by atoms with Crippen molar-refractivity contribution in [2.45, 2.75) is 73.1 Å². The predicted molar refractivity (Wildman–Crippen MR) is 250 cm³/mol. The van der Waals surface area contributed by atoms with Crippen molar-refractivity contribution < 1.29 is 113 Å². The Morgan fingerprint density at radius 1 is 0.810 bits per heavy atom. The summed E-state index contributed by atoms with van der Waals surface area (Å²) in [6, 6.07) is 0. The van der Waals surface area contributed by atoms with E-state index in [0.29, 0.717) is 0 Å². The standard InChI is InChI=1S/C35H47N15O25P4/c1-47-12-50(27-17(47)29(55)46-34(38)44-27)31-21(65-4-3-64-2)19(52)14(71-31)6-68-77(58,59)74-79(62,63)75-78(60,61)69-8-35-7-66-22(32(72-35)48-10-41-15-24(36)39-9-40-25(15)48)23(35)73-76(56,57)67-5-13-18(51)20(53)30(70-13)49-11-42-16-26(49)43-33(37)45-28(16)54/h9-14,18-23,30-32,51-53H,3-8H2,1-2H3,(H11-,36,37,38,39,40,43,44,45,46,54,55,56,57,58,59,60,61,62,63)/t13-,14-,18+,19+,20?,21?,22?,23-,30-,31-,32-,35-/m1/s1. The SMILES string of the molecule is COCCOC1[C@@H](O)[C@@H](COP(=O)([O-])OP(=O)(O)OP(=O)(O)OC[C@@]23COC([C@H](n4cnc5c(N)ncnc54)O2)[C@H]3OP(=O)(O)OC[C@H]2O[C@@H](n3cnc4c(=O)[nH]c(N)nc43)C(O)[C@H]2O)O[C@H]1[n+]1cn(C)c2c(=O)[nH]c(N)nc21. The second kappa shape index (κ2) is 21.3. The number of methoxy groups -OCH3 is 1. The lowest BCUT2D eigenvalue weighted by atomic mass is 10.0. The maximum atomic E-state index is 13.8. The molecule has 16 atom stereocenters. The van der Waals surface area contributed by atoms with Crippen LogP contribution in [-0.2, 0) is 80.4 Å². The van der Waals surface area contributed by atoms with Crippen LogP contribution in [0.25, 0.3) is 33.5 Å². The van der Waals surface area contributed by atoms with Gasteiger partial charge in [-0.3, -0.25) is 51.4 Å². The minimum Gasteiger partial charge on any atom is -0.756 e. The fraction of sp³-hybridized carbons (Fsp3) is 0.571. The Balaban J connectivity index is 0.814. The highest BCUT2D eigenvalue weighted by Gasteiger charge is 2.66. The average Bonchev–Trinajstić information content (AvgIpc) is 4.40. The molecule has 6 aromatic rings. The molecule has 14 N–H and O–H groups in total. The van der Waals surface area contributed by atoms with Crippen molar-refractivity contribution in [2.75, 3.05) is 64.0 Å². The molecule has 79 heavy (non-hydrogen) atoms. The van der Waals surface area contributed by atoms with Gasteiger partial charge in [-0.1, -0.05) is 4.98 Å². The van der Waals surface area contributed by atoms with Gasteiger partial charge in [0.15, 0.2) is 41.4 Å². The number of hydrogen-bond donors (Lipinski definition) is 11. The van der Waals surface area contributed by atoms with Crippen LogP contribution in [0.15, 0.2) is 34.9 Å². The number of nitrogen functional groups attached to an aromatic ring is 3. The molecule has 0 aliphatic carbocycles. The van der Waals surface area contributed by atoms with Crippen LogP contribution in [0.5, 0.6) is 0 Å². The number of nitrogens with two attached hydrogens (primary N) is 3. The van der Waals surface area contributed by atoms with Gasteiger partial charge >= 0.3 is 29.1 Å². The molecule has 10 rings (SSSR count). The number of fused-ring (bicyclic) bond motifs is 5. The average molecular weight is 1200 g/mol. The number of nitrogens with zero attached hydrogens (tertiary/aromatic N) is 10. The summed E-state index contributed by atoms with van der Waals surface area (Å²) >= 11 is 0. The fourth-order valence-corrected chi connectivity index (χ4v) is 13.7. The Kier molecular flexibility index (Phi) is 15.4. The first-order valence-corrected chi connectivity index (χ1v) is 28.6. The Morgan fingerprint density at radius 2 is 1.49 bits per heavy atom. The highest BCUT2D eigenvalue weighted by atomic mass is 31.3. The summed E-state index contributed by atoms with van der Waals surface area (Å²) < 4.78 is 122. The first-order chi connectivity index (χ1) is 37.2. The molecule has 6 aromatic heterocycles. The van der Waals surface area contributed by atoms with Crippen LogP contribution < -0.4 is 37.8 Å². The molecule has 44 heteroatoms. The first-order valence-electron chi connectivity index (χ1n) is 22.7. The number of aromatic amines is 2. The van der Waals surface area contributed by atoms with E-state index < -0.39 is 142 Å². The van der Waals surface area contributed by atoms with Crippen molar-refractivity contribution >= 4 is 82.5 Å². The minimum atomic E-state index is -6.28. The number of aliphatic hydroxyl groups is 3. The van der Waals surface area contributed by atoms with Crippen LogP contribution in [-0.4, -0.2) is 185 Å². The van der Waals surface area contributed by atoms with Crippen LogP contribution in [0.2, 0.25) is 0 Å². The maximum absolute atomic E-state index is 13.8. The summed E-state index contributed by atoms with van der Waals surface area (Å²) in [5, 5.41) is 33.0. The molecule has 40 nitrogen and oxygen atoms in total. The quantitative estimate of drug-likeness (QED) is 0.0172. The van der Waals surface area contributed by atoms with Crippen molar-refractivity contribution in [3.05, 3.63) is 46.0 Å². The van der Waals surface area contributed by atoms with Crippen molar-refractivity contribution in [3.63, 3.8) is 0 Å².